The van der Waals surface area contributed by atoms with E-state index < -0.39 is 23.7 Å². The molecule has 3 aromatic rings. The summed E-state index contributed by atoms with van der Waals surface area (Å²) in [5.41, 5.74) is 2.18. The normalized spacial score (nSPS) is 15.3. The SMILES string of the molecule is COC(=O)c1ccc(NC(=O)C[C@H]2C(=O)N(c3ccc(F)cc3)C(=S)N2Cc2ccccc2)cc1. The van der Waals surface area contributed by atoms with Gasteiger partial charge in [-0.25, -0.2) is 9.18 Å². The van der Waals surface area contributed by atoms with E-state index in [1.54, 1.807) is 17.0 Å². The molecule has 1 heterocycles. The fraction of sp³-hybridized carbons (Fsp3) is 0.154. The van der Waals surface area contributed by atoms with Gasteiger partial charge in [0.15, 0.2) is 5.11 Å². The summed E-state index contributed by atoms with van der Waals surface area (Å²) < 4.78 is 18.1. The molecule has 0 bridgehead atoms. The van der Waals surface area contributed by atoms with Crippen molar-refractivity contribution < 1.29 is 23.5 Å². The van der Waals surface area contributed by atoms with Gasteiger partial charge in [-0.15, -0.1) is 0 Å². The van der Waals surface area contributed by atoms with Gasteiger partial charge >= 0.3 is 5.97 Å². The van der Waals surface area contributed by atoms with Crippen LogP contribution in [-0.2, 0) is 20.9 Å². The lowest BCUT2D eigenvalue weighted by Crippen LogP contribution is -2.37. The highest BCUT2D eigenvalue weighted by Crippen LogP contribution is 2.29. The summed E-state index contributed by atoms with van der Waals surface area (Å²) in [5, 5.41) is 2.99. The largest absolute Gasteiger partial charge is 0.465 e. The number of hydrogen-bond donors (Lipinski definition) is 1. The quantitative estimate of drug-likeness (QED) is 0.395. The van der Waals surface area contributed by atoms with Crippen molar-refractivity contribution in [2.24, 2.45) is 0 Å². The number of benzene rings is 3. The van der Waals surface area contributed by atoms with E-state index in [-0.39, 0.29) is 17.4 Å². The van der Waals surface area contributed by atoms with Crippen molar-refractivity contribution in [1.82, 2.24) is 4.90 Å². The summed E-state index contributed by atoms with van der Waals surface area (Å²) in [6.45, 7) is 0.328. The third kappa shape index (κ3) is 5.36. The first-order valence-electron chi connectivity index (χ1n) is 10.8. The van der Waals surface area contributed by atoms with Gasteiger partial charge in [0.25, 0.3) is 5.91 Å². The van der Waals surface area contributed by atoms with Gasteiger partial charge in [-0.2, -0.15) is 0 Å². The van der Waals surface area contributed by atoms with E-state index in [1.807, 2.05) is 30.3 Å². The van der Waals surface area contributed by atoms with Crippen LogP contribution in [0.5, 0.6) is 0 Å². The highest BCUT2D eigenvalue weighted by Gasteiger charge is 2.44. The number of nitrogens with zero attached hydrogens (tertiary/aromatic N) is 2. The standard InChI is InChI=1S/C26H22FN3O4S/c1-34-25(33)18-7-11-20(12-8-18)28-23(31)15-22-24(32)30(21-13-9-19(27)10-14-21)26(35)29(22)16-17-5-3-2-4-6-17/h2-14,22H,15-16H2,1H3,(H,28,31)/t22-/m0/s1. The van der Waals surface area contributed by atoms with Crippen molar-refractivity contribution in [3.63, 3.8) is 0 Å². The summed E-state index contributed by atoms with van der Waals surface area (Å²) in [4.78, 5) is 40.9. The molecule has 1 fully saturated rings. The smallest absolute Gasteiger partial charge is 0.337 e. The van der Waals surface area contributed by atoms with Crippen LogP contribution >= 0.6 is 12.2 Å². The van der Waals surface area contributed by atoms with Gasteiger partial charge in [-0.1, -0.05) is 30.3 Å². The Morgan fingerprint density at radius 2 is 1.66 bits per heavy atom. The second-order valence-corrected chi connectivity index (χ2v) is 8.25. The summed E-state index contributed by atoms with van der Waals surface area (Å²) in [7, 11) is 1.29. The molecule has 1 aliphatic rings. The van der Waals surface area contributed by atoms with Gasteiger partial charge in [-0.3, -0.25) is 14.5 Å². The molecule has 0 unspecified atom stereocenters. The zero-order chi connectivity index (χ0) is 24.9. The second-order valence-electron chi connectivity index (χ2n) is 7.88. The molecule has 1 aliphatic heterocycles. The fourth-order valence-corrected chi connectivity index (χ4v) is 4.20. The number of thiocarbonyl (C=S) groups is 1. The Hall–Kier alpha value is -4.11. The minimum Gasteiger partial charge on any atom is -0.465 e. The third-order valence-corrected chi connectivity index (χ3v) is 5.98. The average molecular weight is 492 g/mol. The molecule has 0 aromatic heterocycles. The summed E-state index contributed by atoms with van der Waals surface area (Å²) >= 11 is 5.62. The summed E-state index contributed by atoms with van der Waals surface area (Å²) in [5.74, 6) is -1.67. The van der Waals surface area contributed by atoms with Crippen LogP contribution in [0.25, 0.3) is 0 Å². The molecular formula is C26H22FN3O4S. The molecule has 1 N–H and O–H groups in total. The van der Waals surface area contributed by atoms with Gasteiger partial charge in [0.2, 0.25) is 5.91 Å². The first-order valence-corrected chi connectivity index (χ1v) is 11.2. The third-order valence-electron chi connectivity index (χ3n) is 5.57. The second kappa shape index (κ2) is 10.4. The van der Waals surface area contributed by atoms with Crippen molar-refractivity contribution >= 4 is 46.5 Å². The Bertz CT molecular complexity index is 1250. The molecule has 0 radical (unpaired) electrons. The minimum atomic E-state index is -0.845. The maximum Gasteiger partial charge on any atom is 0.337 e. The van der Waals surface area contributed by atoms with Crippen molar-refractivity contribution in [3.8, 4) is 0 Å². The highest BCUT2D eigenvalue weighted by molar-refractivity contribution is 7.80. The van der Waals surface area contributed by atoms with Gasteiger partial charge in [-0.05, 0) is 66.3 Å². The predicted molar refractivity (Wildman–Crippen MR) is 133 cm³/mol. The molecule has 4 rings (SSSR count). The Labute approximate surface area is 207 Å². The number of rotatable bonds is 7. The van der Waals surface area contributed by atoms with E-state index in [4.69, 9.17) is 12.2 Å². The van der Waals surface area contributed by atoms with E-state index >= 15 is 0 Å². The number of hydrogen-bond acceptors (Lipinski definition) is 5. The number of anilines is 2. The lowest BCUT2D eigenvalue weighted by atomic mass is 10.1. The predicted octanol–water partition coefficient (Wildman–Crippen LogP) is 4.14. The van der Waals surface area contributed by atoms with Crippen LogP contribution in [0.2, 0.25) is 0 Å². The Kier molecular flexibility index (Phi) is 7.17. The number of methoxy groups -OCH3 is 1. The molecule has 7 nitrogen and oxygen atoms in total. The van der Waals surface area contributed by atoms with Crippen LogP contribution in [0.1, 0.15) is 22.3 Å². The molecule has 0 spiro atoms. The van der Waals surface area contributed by atoms with E-state index in [0.717, 1.165) is 5.56 Å². The van der Waals surface area contributed by atoms with Gasteiger partial charge in [0, 0.05) is 12.2 Å². The summed E-state index contributed by atoms with van der Waals surface area (Å²) in [6, 6.07) is 20.3. The Morgan fingerprint density at radius 1 is 1.00 bits per heavy atom. The Balaban J connectivity index is 1.55. The number of esters is 1. The lowest BCUT2D eigenvalue weighted by molar-refractivity contribution is -0.124. The fourth-order valence-electron chi connectivity index (χ4n) is 3.82. The monoisotopic (exact) mass is 491 g/mol. The molecule has 2 amide bonds. The number of halogens is 1. The molecule has 1 saturated heterocycles. The first kappa shape index (κ1) is 24.0. The van der Waals surface area contributed by atoms with Crippen molar-refractivity contribution in [2.75, 3.05) is 17.3 Å². The topological polar surface area (TPSA) is 78.9 Å². The minimum absolute atomic E-state index is 0.151. The molecule has 0 saturated carbocycles. The van der Waals surface area contributed by atoms with Crippen molar-refractivity contribution in [1.29, 1.82) is 0 Å². The molecule has 35 heavy (non-hydrogen) atoms. The zero-order valence-corrected chi connectivity index (χ0v) is 19.6. The molecule has 3 aromatic carbocycles. The van der Waals surface area contributed by atoms with E-state index in [9.17, 15) is 18.8 Å². The molecule has 0 aliphatic carbocycles. The van der Waals surface area contributed by atoms with E-state index in [2.05, 4.69) is 10.1 Å². The number of nitrogens with one attached hydrogen (secondary N) is 1. The summed E-state index contributed by atoms with van der Waals surface area (Å²) in [6.07, 6.45) is -0.151. The van der Waals surface area contributed by atoms with Crippen molar-refractivity contribution in [2.45, 2.75) is 19.0 Å². The molecule has 178 valence electrons. The number of carbonyl (C=O) groups is 3. The lowest BCUT2D eigenvalue weighted by Gasteiger charge is -2.24. The first-order chi connectivity index (χ1) is 16.9. The van der Waals surface area contributed by atoms with Gasteiger partial charge in [0.1, 0.15) is 11.9 Å². The van der Waals surface area contributed by atoms with Gasteiger partial charge < -0.3 is 15.0 Å². The molecule has 1 atom stereocenters. The van der Waals surface area contributed by atoms with Crippen LogP contribution < -0.4 is 10.2 Å². The van der Waals surface area contributed by atoms with E-state index in [1.165, 1.54) is 48.4 Å². The number of ether oxygens (including phenoxy) is 1. The van der Waals surface area contributed by atoms with Crippen LogP contribution in [0.15, 0.2) is 78.9 Å². The van der Waals surface area contributed by atoms with Crippen LogP contribution in [-0.4, -0.2) is 40.9 Å². The van der Waals surface area contributed by atoms with Crippen LogP contribution in [0.4, 0.5) is 15.8 Å². The molecular weight excluding hydrogens is 469 g/mol. The maximum atomic E-state index is 13.5. The van der Waals surface area contributed by atoms with Gasteiger partial charge in [0.05, 0.1) is 24.8 Å². The van der Waals surface area contributed by atoms with Crippen molar-refractivity contribution in [3.05, 3.63) is 95.8 Å². The number of carbonyl (C=O) groups excluding carboxylic acids is 3. The average Bonchev–Trinajstić information content (AvgIpc) is 3.09. The maximum absolute atomic E-state index is 13.5. The molecule has 9 heteroatoms. The highest BCUT2D eigenvalue weighted by atomic mass is 32.1. The van der Waals surface area contributed by atoms with Crippen LogP contribution in [0, 0.1) is 5.82 Å². The number of amides is 2. The van der Waals surface area contributed by atoms with E-state index in [0.29, 0.717) is 23.5 Å². The Morgan fingerprint density at radius 3 is 2.29 bits per heavy atom. The zero-order valence-electron chi connectivity index (χ0n) is 18.8. The van der Waals surface area contributed by atoms with Crippen LogP contribution in [0.3, 0.4) is 0 Å².